The molecule has 0 aromatic heterocycles. The van der Waals surface area contributed by atoms with Crippen molar-refractivity contribution in [2.45, 2.75) is 360 Å². The van der Waals surface area contributed by atoms with Crippen LogP contribution >= 0.6 is 0 Å². The number of carboxylic acid groups (broad SMARTS) is 1. The minimum atomic E-state index is -2.22. The van der Waals surface area contributed by atoms with Gasteiger partial charge in [0.15, 0.2) is 56.2 Å². The largest absolute Gasteiger partial charge is 0.479 e. The van der Waals surface area contributed by atoms with Gasteiger partial charge in [-0.1, -0.05) is 53.2 Å². The van der Waals surface area contributed by atoms with Crippen LogP contribution in [0.2, 0.25) is 0 Å². The molecule has 8 saturated heterocycles. The highest BCUT2D eigenvalue weighted by Crippen LogP contribution is 2.76. The Hall–Kier alpha value is -3.01. The number of carbonyl (C=O) groups excluding carboxylic acids is 2. The quantitative estimate of drug-likeness (QED) is 0.0247. The standard InChI is InChI=1S/C75H118O39/c1-26-38(81)42(85)47(90)64(102-26)108-54-28(3)104-67(58(50(54)93)112-65-49(92)44(87)53(27(2)103-65)107-63-52(95)55(33(80)24-101-63)109-61-45(88)39(82)31(78)22-99-61)114-69(98)75-18-16-70(4,5)20-30(75)29-10-11-36-71(6)14-13-37(72(7,25-77)35(71)12-15-74(36,9)73(29,8)17-19-75)106-68-59(113-66-48(91)43(86)41(84)34(21-76)105-66)56(51(94)57(111-68)60(96)97)110-62-46(89)40(83)32(79)23-100-62/h10,25-28,30-59,61-68,76,78-95H,11-24H2,1-9H3,(H,96,97)/t26-,27+,28-,30+,31-,32-,33-,34-,35-,36-,37+,38-,39+,40+,41+,42+,43+,44+,45-,46-,47-,48-,49-,50+,51+,52-,53+,54+,55+,56+,57+,58-,59-,61+,62+,63+,64+,65+,66+,67+,68+,71+,72+,73-,74-,75+/m1/s1. The molecule has 20 N–H and O–H groups in total. The predicted octanol–water partition coefficient (Wildman–Crippen LogP) is -6.47. The molecule has 0 amide bonds. The molecule has 12 fully saturated rings. The average molecular weight is 1640 g/mol. The van der Waals surface area contributed by atoms with Crippen molar-refractivity contribution < 1.29 is 192 Å². The molecule has 8 heterocycles. The molecule has 0 bridgehead atoms. The van der Waals surface area contributed by atoms with E-state index < -0.39 is 311 Å². The molecule has 0 spiro atoms. The van der Waals surface area contributed by atoms with Crippen LogP contribution in [0.3, 0.4) is 0 Å². The molecule has 0 aromatic carbocycles. The molecule has 13 rings (SSSR count). The van der Waals surface area contributed by atoms with Gasteiger partial charge in [0.25, 0.3) is 0 Å². The zero-order valence-electron chi connectivity index (χ0n) is 64.9. The second-order valence-electron chi connectivity index (χ2n) is 35.8. The first-order chi connectivity index (χ1) is 53.5. The Kier molecular flexibility index (Phi) is 26.2. The van der Waals surface area contributed by atoms with E-state index in [1.54, 1.807) is 6.92 Å². The second-order valence-corrected chi connectivity index (χ2v) is 35.8. The minimum absolute atomic E-state index is 0.120. The van der Waals surface area contributed by atoms with Gasteiger partial charge in [0.05, 0.1) is 61.7 Å². The number of aldehydes is 1. The fourth-order valence-corrected chi connectivity index (χ4v) is 21.3. The van der Waals surface area contributed by atoms with Crippen molar-refractivity contribution in [1.29, 1.82) is 0 Å². The Morgan fingerprint density at radius 3 is 1.55 bits per heavy atom. The molecule has 39 heteroatoms. The van der Waals surface area contributed by atoms with Crippen molar-refractivity contribution in [1.82, 2.24) is 0 Å². The molecule has 0 radical (unpaired) electrons. The number of ether oxygens (including phenoxy) is 16. The lowest BCUT2D eigenvalue weighted by molar-refractivity contribution is -0.391. The third kappa shape index (κ3) is 15.5. The van der Waals surface area contributed by atoms with Crippen molar-refractivity contribution >= 4 is 18.2 Å². The molecule has 13 aliphatic rings. The molecule has 114 heavy (non-hydrogen) atoms. The Morgan fingerprint density at radius 1 is 0.447 bits per heavy atom. The number of aliphatic hydroxyl groups is 19. The molecular weight excluding hydrogens is 1520 g/mol. The summed E-state index contributed by atoms with van der Waals surface area (Å²) in [5, 5.41) is 220. The number of allylic oxidation sites excluding steroid dienone is 2. The molecule has 46 atom stereocenters. The summed E-state index contributed by atoms with van der Waals surface area (Å²) in [5.74, 6) is -3.53. The molecule has 652 valence electrons. The van der Waals surface area contributed by atoms with Gasteiger partial charge in [-0.05, 0) is 124 Å². The zero-order valence-corrected chi connectivity index (χ0v) is 64.9. The van der Waals surface area contributed by atoms with E-state index >= 15 is 4.79 Å². The Morgan fingerprint density at radius 2 is 0.947 bits per heavy atom. The first kappa shape index (κ1) is 88.8. The number of rotatable bonds is 19. The lowest BCUT2D eigenvalue weighted by atomic mass is 9.33. The SMILES string of the molecule is C[C@@H]1O[C@@H](O[C@H]2[C@H](OC(=O)[C@]34CCC(C)(C)C[C@H]3C3=CC[C@@H]5[C@@]6(C)CC[C@H](O[C@H]7O[C@H](C(=O)O)[C@@H](O)[C@H](O[C@@H]8OC[C@@H](O)[C@H](O)[C@H]8O)[C@H]7O[C@@H]7O[C@H](CO)[C@H](O)[C@H](O)[C@H]7O)[C@@](C)(C=O)[C@@H]6CC[C@@]5(C)[C@]3(C)CC4)O[C@H](C)[C@H](O[C@@H]3O[C@H](C)[C@@H](O)[C@H](O)[C@H]3O)[C@@H]2O)[C@H](O)[C@H](O)[C@H]1O[C@@H]1OC[C@@H](O)[C@H](O[C@@H]2OC[C@@H](O)[C@H](O)[C@H]2O)[C@H]1O. The van der Waals surface area contributed by atoms with Gasteiger partial charge in [0, 0.05) is 0 Å². The van der Waals surface area contributed by atoms with Crippen molar-refractivity contribution in [2.75, 3.05) is 26.4 Å². The van der Waals surface area contributed by atoms with Gasteiger partial charge < -0.3 is 183 Å². The van der Waals surface area contributed by atoms with Crippen molar-refractivity contribution in [3.05, 3.63) is 11.6 Å². The number of carbonyl (C=O) groups is 3. The van der Waals surface area contributed by atoms with Crippen molar-refractivity contribution in [3.63, 3.8) is 0 Å². The zero-order chi connectivity index (χ0) is 83.0. The maximum absolute atomic E-state index is 16.1. The van der Waals surface area contributed by atoms with Gasteiger partial charge in [-0.3, -0.25) is 4.79 Å². The minimum Gasteiger partial charge on any atom is -0.479 e. The van der Waals surface area contributed by atoms with Crippen LogP contribution in [0.4, 0.5) is 0 Å². The molecule has 39 nitrogen and oxygen atoms in total. The number of aliphatic carboxylic acids is 1. The van der Waals surface area contributed by atoms with E-state index in [2.05, 4.69) is 40.7 Å². The third-order valence-electron chi connectivity index (χ3n) is 28.5. The molecule has 8 aliphatic heterocycles. The summed E-state index contributed by atoms with van der Waals surface area (Å²) in [7, 11) is 0. The van der Waals surface area contributed by atoms with E-state index in [0.717, 1.165) is 11.9 Å². The van der Waals surface area contributed by atoms with Crippen LogP contribution in [0.25, 0.3) is 0 Å². The van der Waals surface area contributed by atoms with Gasteiger partial charge in [0.1, 0.15) is 153 Å². The van der Waals surface area contributed by atoms with E-state index in [4.69, 9.17) is 75.8 Å². The lowest BCUT2D eigenvalue weighted by Crippen LogP contribution is -2.69. The Balaban J connectivity index is 0.756. The van der Waals surface area contributed by atoms with Crippen LogP contribution in [0.1, 0.15) is 127 Å². The number of fused-ring (bicyclic) bond motifs is 7. The van der Waals surface area contributed by atoms with Gasteiger partial charge >= 0.3 is 11.9 Å². The average Bonchev–Trinajstić information content (AvgIpc) is 0.673. The fraction of sp³-hybridized carbons (Fsp3) is 0.933. The highest BCUT2D eigenvalue weighted by Gasteiger charge is 2.72. The van der Waals surface area contributed by atoms with E-state index in [-0.39, 0.29) is 24.2 Å². The van der Waals surface area contributed by atoms with Gasteiger partial charge in [-0.15, -0.1) is 0 Å². The van der Waals surface area contributed by atoms with E-state index in [1.165, 1.54) is 20.8 Å². The monoisotopic (exact) mass is 1640 g/mol. The Labute approximate surface area is 656 Å². The van der Waals surface area contributed by atoms with E-state index in [1.807, 2.05) is 0 Å². The summed E-state index contributed by atoms with van der Waals surface area (Å²) in [6.07, 6.45) is -59.8. The number of esters is 1. The first-order valence-corrected chi connectivity index (χ1v) is 39.7. The van der Waals surface area contributed by atoms with Gasteiger partial charge in [0.2, 0.25) is 6.29 Å². The highest BCUT2D eigenvalue weighted by atomic mass is 16.8. The van der Waals surface area contributed by atoms with E-state index in [9.17, 15) is 112 Å². The maximum Gasteiger partial charge on any atom is 0.335 e. The molecular formula is C75H118O39. The molecule has 4 saturated carbocycles. The van der Waals surface area contributed by atoms with Crippen LogP contribution in [-0.4, -0.2) is 380 Å². The van der Waals surface area contributed by atoms with E-state index in [0.29, 0.717) is 51.4 Å². The summed E-state index contributed by atoms with van der Waals surface area (Å²) < 4.78 is 96.8. The third-order valence-corrected chi connectivity index (χ3v) is 28.5. The van der Waals surface area contributed by atoms with Crippen LogP contribution in [0, 0.1) is 50.2 Å². The summed E-state index contributed by atoms with van der Waals surface area (Å²) in [6, 6.07) is 0. The second kappa shape index (κ2) is 33.7. The molecule has 5 aliphatic carbocycles. The maximum atomic E-state index is 16.1. The topological polar surface area (TPSA) is 603 Å². The summed E-state index contributed by atoms with van der Waals surface area (Å²) in [6.45, 7) is 14.4. The van der Waals surface area contributed by atoms with Gasteiger partial charge in [-0.25, -0.2) is 4.79 Å². The summed E-state index contributed by atoms with van der Waals surface area (Å²) >= 11 is 0. The lowest BCUT2D eigenvalue weighted by Gasteiger charge is -2.71. The van der Waals surface area contributed by atoms with Crippen LogP contribution in [0.15, 0.2) is 11.6 Å². The number of aliphatic hydroxyl groups excluding tert-OH is 19. The first-order valence-electron chi connectivity index (χ1n) is 39.7. The van der Waals surface area contributed by atoms with Crippen LogP contribution in [0.5, 0.6) is 0 Å². The van der Waals surface area contributed by atoms with Crippen LogP contribution < -0.4 is 0 Å². The fourth-order valence-electron chi connectivity index (χ4n) is 21.3. The molecule has 0 aromatic rings. The predicted molar refractivity (Wildman–Crippen MR) is 372 cm³/mol. The number of carboxylic acids is 1. The Bertz CT molecular complexity index is 3360. The summed E-state index contributed by atoms with van der Waals surface area (Å²) in [5.41, 5.74) is -3.81. The van der Waals surface area contributed by atoms with Crippen molar-refractivity contribution in [3.8, 4) is 0 Å². The van der Waals surface area contributed by atoms with Gasteiger partial charge in [-0.2, -0.15) is 0 Å². The van der Waals surface area contributed by atoms with Crippen LogP contribution in [-0.2, 0) is 90.2 Å². The normalized spacial score (nSPS) is 55.1. The highest BCUT2D eigenvalue weighted by molar-refractivity contribution is 5.79. The number of hydrogen-bond donors (Lipinski definition) is 20. The molecule has 0 unspecified atom stereocenters. The smallest absolute Gasteiger partial charge is 0.335 e. The summed E-state index contributed by atoms with van der Waals surface area (Å²) in [4.78, 5) is 43.5. The van der Waals surface area contributed by atoms with Crippen molar-refractivity contribution in [2.24, 2.45) is 50.2 Å². The number of hydrogen-bond acceptors (Lipinski definition) is 38.